The molecule has 0 atom stereocenters. The molecule has 0 saturated heterocycles. The Hall–Kier alpha value is -1.84. The zero-order valence-corrected chi connectivity index (χ0v) is 13.2. The highest BCUT2D eigenvalue weighted by molar-refractivity contribution is 5.97. The summed E-state index contributed by atoms with van der Waals surface area (Å²) in [6.07, 6.45) is -0.111. The van der Waals surface area contributed by atoms with Crippen molar-refractivity contribution in [2.75, 3.05) is 6.61 Å². The Kier molecular flexibility index (Phi) is 6.40. The van der Waals surface area contributed by atoms with Crippen LogP contribution < -0.4 is 4.74 Å². The summed E-state index contributed by atoms with van der Waals surface area (Å²) in [7, 11) is 0. The smallest absolute Gasteiger partial charge is 0.303 e. The summed E-state index contributed by atoms with van der Waals surface area (Å²) in [5.74, 6) is 0.369. The van der Waals surface area contributed by atoms with Gasteiger partial charge in [-0.3, -0.25) is 9.59 Å². The molecule has 4 heteroatoms. The quantitative estimate of drug-likeness (QED) is 0.738. The molecule has 1 rings (SSSR count). The Morgan fingerprint density at radius 3 is 2.33 bits per heavy atom. The van der Waals surface area contributed by atoms with Crippen LogP contribution in [0.2, 0.25) is 0 Å². The van der Waals surface area contributed by atoms with Gasteiger partial charge < -0.3 is 9.84 Å². The molecule has 0 aliphatic heterocycles. The molecule has 0 fully saturated rings. The molecular weight excluding hydrogens is 268 g/mol. The maximum absolute atomic E-state index is 12.0. The second-order valence-electron chi connectivity index (χ2n) is 5.93. The molecule has 0 saturated carbocycles. The minimum absolute atomic E-state index is 0.0269. The number of carboxylic acids is 1. The number of carboxylic acid groups (broad SMARTS) is 1. The summed E-state index contributed by atoms with van der Waals surface area (Å²) in [6, 6.07) is 5.35. The van der Waals surface area contributed by atoms with Gasteiger partial charge in [-0.1, -0.05) is 27.7 Å². The van der Waals surface area contributed by atoms with Crippen molar-refractivity contribution in [2.45, 2.75) is 46.5 Å². The van der Waals surface area contributed by atoms with Crippen molar-refractivity contribution < 1.29 is 19.4 Å². The van der Waals surface area contributed by atoms with Crippen molar-refractivity contribution in [3.05, 3.63) is 29.3 Å². The zero-order valence-electron chi connectivity index (χ0n) is 13.2. The third-order valence-corrected chi connectivity index (χ3v) is 3.09. The molecule has 0 heterocycles. The highest BCUT2D eigenvalue weighted by Gasteiger charge is 2.14. The van der Waals surface area contributed by atoms with Gasteiger partial charge in [0, 0.05) is 12.0 Å². The lowest BCUT2D eigenvalue weighted by molar-refractivity contribution is -0.136. The van der Waals surface area contributed by atoms with Crippen molar-refractivity contribution in [1.29, 1.82) is 0 Å². The standard InChI is InChI=1S/C17H24O4/c1-11(2)10-21-16-7-5-13(9-14(16)12(3)4)15(18)6-8-17(19)20/h5,7,9,11-12H,6,8,10H2,1-4H3,(H,19,20). The van der Waals surface area contributed by atoms with Gasteiger partial charge in [0.2, 0.25) is 0 Å². The molecule has 0 radical (unpaired) electrons. The van der Waals surface area contributed by atoms with E-state index in [9.17, 15) is 9.59 Å². The van der Waals surface area contributed by atoms with E-state index in [1.54, 1.807) is 6.07 Å². The van der Waals surface area contributed by atoms with Crippen LogP contribution in [0.25, 0.3) is 0 Å². The molecule has 0 aliphatic rings. The van der Waals surface area contributed by atoms with Crippen molar-refractivity contribution >= 4 is 11.8 Å². The molecule has 1 aromatic carbocycles. The minimum Gasteiger partial charge on any atom is -0.493 e. The van der Waals surface area contributed by atoms with Gasteiger partial charge in [0.15, 0.2) is 5.78 Å². The van der Waals surface area contributed by atoms with Gasteiger partial charge in [-0.05, 0) is 35.6 Å². The van der Waals surface area contributed by atoms with Crippen LogP contribution in [0.4, 0.5) is 0 Å². The number of ketones is 1. The normalized spacial score (nSPS) is 11.0. The van der Waals surface area contributed by atoms with E-state index in [0.717, 1.165) is 11.3 Å². The number of Topliss-reactive ketones (excluding diaryl/α,β-unsaturated/α-hetero) is 1. The number of carbonyl (C=O) groups excluding carboxylic acids is 1. The molecule has 0 unspecified atom stereocenters. The van der Waals surface area contributed by atoms with Crippen LogP contribution in [0, 0.1) is 5.92 Å². The van der Waals surface area contributed by atoms with Crippen LogP contribution in [0.1, 0.15) is 62.4 Å². The first-order valence-electron chi connectivity index (χ1n) is 7.33. The second kappa shape index (κ2) is 7.81. The molecule has 0 bridgehead atoms. The first-order valence-corrected chi connectivity index (χ1v) is 7.33. The van der Waals surface area contributed by atoms with Gasteiger partial charge in [-0.25, -0.2) is 0 Å². The Labute approximate surface area is 126 Å². The lowest BCUT2D eigenvalue weighted by Crippen LogP contribution is -2.09. The first kappa shape index (κ1) is 17.2. The highest BCUT2D eigenvalue weighted by atomic mass is 16.5. The predicted octanol–water partition coefficient (Wildman–Crippen LogP) is 3.89. The van der Waals surface area contributed by atoms with E-state index < -0.39 is 5.97 Å². The Balaban J connectivity index is 2.91. The number of benzene rings is 1. The van der Waals surface area contributed by atoms with Gasteiger partial charge in [0.05, 0.1) is 13.0 Å². The molecule has 21 heavy (non-hydrogen) atoms. The molecular formula is C17H24O4. The number of rotatable bonds is 8. The molecule has 0 amide bonds. The van der Waals surface area contributed by atoms with Crippen molar-refractivity contribution in [1.82, 2.24) is 0 Å². The van der Waals surface area contributed by atoms with Gasteiger partial charge in [0.25, 0.3) is 0 Å². The molecule has 1 aromatic rings. The van der Waals surface area contributed by atoms with E-state index in [0.29, 0.717) is 18.1 Å². The second-order valence-corrected chi connectivity index (χ2v) is 5.93. The van der Waals surface area contributed by atoms with Gasteiger partial charge in [-0.15, -0.1) is 0 Å². The third-order valence-electron chi connectivity index (χ3n) is 3.09. The fraction of sp³-hybridized carbons (Fsp3) is 0.529. The zero-order chi connectivity index (χ0) is 16.0. The molecule has 1 N–H and O–H groups in total. The fourth-order valence-corrected chi connectivity index (χ4v) is 1.93. The molecule has 4 nitrogen and oxygen atoms in total. The van der Waals surface area contributed by atoms with Crippen LogP contribution in [-0.2, 0) is 4.79 Å². The largest absolute Gasteiger partial charge is 0.493 e. The van der Waals surface area contributed by atoms with Crippen LogP contribution >= 0.6 is 0 Å². The average molecular weight is 292 g/mol. The van der Waals surface area contributed by atoms with Crippen molar-refractivity contribution in [3.63, 3.8) is 0 Å². The van der Waals surface area contributed by atoms with Crippen molar-refractivity contribution in [3.8, 4) is 5.75 Å². The Morgan fingerprint density at radius 1 is 1.14 bits per heavy atom. The van der Waals surface area contributed by atoms with E-state index in [2.05, 4.69) is 13.8 Å². The van der Waals surface area contributed by atoms with E-state index in [1.807, 2.05) is 26.0 Å². The topological polar surface area (TPSA) is 63.6 Å². The third kappa shape index (κ3) is 5.58. The van der Waals surface area contributed by atoms with Crippen LogP contribution in [0.15, 0.2) is 18.2 Å². The fourth-order valence-electron chi connectivity index (χ4n) is 1.93. The van der Waals surface area contributed by atoms with Crippen molar-refractivity contribution in [2.24, 2.45) is 5.92 Å². The van der Waals surface area contributed by atoms with E-state index >= 15 is 0 Å². The molecule has 116 valence electrons. The van der Waals surface area contributed by atoms with E-state index in [4.69, 9.17) is 9.84 Å². The number of hydrogen-bond donors (Lipinski definition) is 1. The molecule has 0 spiro atoms. The Bertz CT molecular complexity index is 504. The number of carbonyl (C=O) groups is 2. The van der Waals surface area contributed by atoms with Gasteiger partial charge in [0.1, 0.15) is 5.75 Å². The average Bonchev–Trinajstić information content (AvgIpc) is 2.42. The summed E-state index contributed by atoms with van der Waals surface area (Å²) in [5.41, 5.74) is 1.54. The summed E-state index contributed by atoms with van der Waals surface area (Å²) in [4.78, 5) is 22.5. The number of ether oxygens (including phenoxy) is 1. The van der Waals surface area contributed by atoms with Crippen LogP contribution in [-0.4, -0.2) is 23.5 Å². The van der Waals surface area contributed by atoms with Crippen LogP contribution in [0.5, 0.6) is 5.75 Å². The first-order chi connectivity index (χ1) is 9.81. The lowest BCUT2D eigenvalue weighted by atomic mass is 9.97. The maximum Gasteiger partial charge on any atom is 0.303 e. The summed E-state index contributed by atoms with van der Waals surface area (Å²) in [6.45, 7) is 8.88. The predicted molar refractivity (Wildman–Crippen MR) is 82.1 cm³/mol. The maximum atomic E-state index is 12.0. The monoisotopic (exact) mass is 292 g/mol. The lowest BCUT2D eigenvalue weighted by Gasteiger charge is -2.16. The number of hydrogen-bond acceptors (Lipinski definition) is 3. The van der Waals surface area contributed by atoms with Gasteiger partial charge in [-0.2, -0.15) is 0 Å². The van der Waals surface area contributed by atoms with E-state index in [-0.39, 0.29) is 24.5 Å². The summed E-state index contributed by atoms with van der Waals surface area (Å²) >= 11 is 0. The van der Waals surface area contributed by atoms with Crippen LogP contribution in [0.3, 0.4) is 0 Å². The summed E-state index contributed by atoms with van der Waals surface area (Å²) in [5, 5.41) is 8.65. The Morgan fingerprint density at radius 2 is 1.81 bits per heavy atom. The SMILES string of the molecule is CC(C)COc1ccc(C(=O)CCC(=O)O)cc1C(C)C. The van der Waals surface area contributed by atoms with Gasteiger partial charge >= 0.3 is 5.97 Å². The molecule has 0 aliphatic carbocycles. The minimum atomic E-state index is -0.954. The molecule has 0 aromatic heterocycles. The number of aliphatic carboxylic acids is 1. The highest BCUT2D eigenvalue weighted by Crippen LogP contribution is 2.28. The van der Waals surface area contributed by atoms with E-state index in [1.165, 1.54) is 0 Å². The summed E-state index contributed by atoms with van der Waals surface area (Å²) < 4.78 is 5.79.